The number of alkyl halides is 1. The lowest BCUT2D eigenvalue weighted by Crippen LogP contribution is -2.32. The van der Waals surface area contributed by atoms with Gasteiger partial charge in [-0.1, -0.05) is 24.3 Å². The minimum Gasteiger partial charge on any atom is -0.295 e. The Morgan fingerprint density at radius 3 is 2.47 bits per heavy atom. The molecule has 15 heavy (non-hydrogen) atoms. The Morgan fingerprint density at radius 2 is 1.93 bits per heavy atom. The largest absolute Gasteiger partial charge is 0.295 e. The molecule has 1 aromatic carbocycles. The first kappa shape index (κ1) is 12.5. The van der Waals surface area contributed by atoms with Crippen molar-refractivity contribution in [2.24, 2.45) is 0 Å². The van der Waals surface area contributed by atoms with Crippen molar-refractivity contribution in [2.45, 2.75) is 33.4 Å². The van der Waals surface area contributed by atoms with Crippen LogP contribution in [0, 0.1) is 6.92 Å². The topological polar surface area (TPSA) is 3.24 Å². The third kappa shape index (κ3) is 3.84. The van der Waals surface area contributed by atoms with E-state index in [0.29, 0.717) is 11.9 Å². The van der Waals surface area contributed by atoms with Gasteiger partial charge in [-0.25, -0.2) is 0 Å². The highest BCUT2D eigenvalue weighted by atomic mass is 35.5. The molecule has 0 N–H and O–H groups in total. The molecule has 1 aromatic rings. The minimum absolute atomic E-state index is 0.545. The van der Waals surface area contributed by atoms with Crippen molar-refractivity contribution in [2.75, 3.05) is 12.4 Å². The Morgan fingerprint density at radius 1 is 1.27 bits per heavy atom. The molecular weight excluding hydrogens is 206 g/mol. The molecule has 0 saturated heterocycles. The standard InChI is InChI=1S/C13H20ClN/c1-11(2)15(9-8-14)10-13-7-5-4-6-12(13)3/h4-7,11H,8-10H2,1-3H3. The number of aryl methyl sites for hydroxylation is 1. The van der Waals surface area contributed by atoms with Crippen LogP contribution in [0.5, 0.6) is 0 Å². The number of nitrogens with zero attached hydrogens (tertiary/aromatic N) is 1. The van der Waals surface area contributed by atoms with Gasteiger partial charge in [-0.2, -0.15) is 0 Å². The van der Waals surface area contributed by atoms with E-state index >= 15 is 0 Å². The number of benzene rings is 1. The van der Waals surface area contributed by atoms with Crippen LogP contribution in [-0.2, 0) is 6.54 Å². The normalized spacial score (nSPS) is 11.3. The fourth-order valence-electron chi connectivity index (χ4n) is 1.63. The van der Waals surface area contributed by atoms with E-state index < -0.39 is 0 Å². The van der Waals surface area contributed by atoms with Crippen LogP contribution in [0.15, 0.2) is 24.3 Å². The summed E-state index contributed by atoms with van der Waals surface area (Å²) >= 11 is 5.80. The number of hydrogen-bond acceptors (Lipinski definition) is 1. The Hall–Kier alpha value is -0.530. The zero-order chi connectivity index (χ0) is 11.3. The second-order valence-corrected chi connectivity index (χ2v) is 4.56. The Kier molecular flexibility index (Phi) is 5.13. The van der Waals surface area contributed by atoms with Crippen LogP contribution in [0.1, 0.15) is 25.0 Å². The predicted octanol–water partition coefficient (Wildman–Crippen LogP) is 3.44. The maximum absolute atomic E-state index is 5.80. The molecule has 0 heterocycles. The summed E-state index contributed by atoms with van der Waals surface area (Å²) in [7, 11) is 0. The summed E-state index contributed by atoms with van der Waals surface area (Å²) in [5, 5.41) is 0. The van der Waals surface area contributed by atoms with Gasteiger partial charge in [0.1, 0.15) is 0 Å². The smallest absolute Gasteiger partial charge is 0.0351 e. The second-order valence-electron chi connectivity index (χ2n) is 4.18. The highest BCUT2D eigenvalue weighted by molar-refractivity contribution is 6.18. The number of rotatable bonds is 5. The Bertz CT molecular complexity index is 296. The van der Waals surface area contributed by atoms with E-state index in [0.717, 1.165) is 13.1 Å². The van der Waals surface area contributed by atoms with E-state index in [-0.39, 0.29) is 0 Å². The molecule has 0 aliphatic heterocycles. The molecule has 0 spiro atoms. The first-order valence-corrected chi connectivity index (χ1v) is 6.03. The van der Waals surface area contributed by atoms with E-state index in [2.05, 4.69) is 49.9 Å². The molecule has 0 bridgehead atoms. The molecule has 0 amide bonds. The SMILES string of the molecule is Cc1ccccc1CN(CCCl)C(C)C. The fraction of sp³-hybridized carbons (Fsp3) is 0.538. The third-order valence-electron chi connectivity index (χ3n) is 2.74. The highest BCUT2D eigenvalue weighted by Crippen LogP contribution is 2.12. The summed E-state index contributed by atoms with van der Waals surface area (Å²) in [6.45, 7) is 8.54. The minimum atomic E-state index is 0.545. The Labute approximate surface area is 98.0 Å². The summed E-state index contributed by atoms with van der Waals surface area (Å²) in [6.07, 6.45) is 0. The van der Waals surface area contributed by atoms with Crippen LogP contribution >= 0.6 is 11.6 Å². The van der Waals surface area contributed by atoms with Gasteiger partial charge in [0.05, 0.1) is 0 Å². The van der Waals surface area contributed by atoms with Crippen molar-refractivity contribution in [3.05, 3.63) is 35.4 Å². The third-order valence-corrected chi connectivity index (χ3v) is 2.91. The maximum Gasteiger partial charge on any atom is 0.0351 e. The lowest BCUT2D eigenvalue weighted by Gasteiger charge is -2.26. The van der Waals surface area contributed by atoms with E-state index in [1.165, 1.54) is 11.1 Å². The van der Waals surface area contributed by atoms with E-state index in [4.69, 9.17) is 11.6 Å². The zero-order valence-electron chi connectivity index (χ0n) is 9.83. The first-order chi connectivity index (χ1) is 7.15. The first-order valence-electron chi connectivity index (χ1n) is 5.49. The van der Waals surface area contributed by atoms with Gasteiger partial charge in [0, 0.05) is 25.0 Å². The van der Waals surface area contributed by atoms with Gasteiger partial charge in [-0.3, -0.25) is 4.90 Å². The quantitative estimate of drug-likeness (QED) is 0.694. The van der Waals surface area contributed by atoms with E-state index in [1.54, 1.807) is 0 Å². The lowest BCUT2D eigenvalue weighted by molar-refractivity contribution is 0.226. The van der Waals surface area contributed by atoms with Crippen LogP contribution in [-0.4, -0.2) is 23.4 Å². The predicted molar refractivity (Wildman–Crippen MR) is 67.4 cm³/mol. The van der Waals surface area contributed by atoms with Crippen molar-refractivity contribution < 1.29 is 0 Å². The molecule has 0 radical (unpaired) electrons. The molecule has 1 rings (SSSR count). The molecule has 2 heteroatoms. The van der Waals surface area contributed by atoms with Crippen molar-refractivity contribution in [3.63, 3.8) is 0 Å². The molecule has 0 aliphatic rings. The van der Waals surface area contributed by atoms with Gasteiger partial charge in [-0.05, 0) is 31.9 Å². The van der Waals surface area contributed by atoms with E-state index in [1.807, 2.05) is 0 Å². The van der Waals surface area contributed by atoms with Crippen LogP contribution in [0.2, 0.25) is 0 Å². The van der Waals surface area contributed by atoms with Crippen molar-refractivity contribution >= 4 is 11.6 Å². The van der Waals surface area contributed by atoms with Crippen molar-refractivity contribution in [1.82, 2.24) is 4.90 Å². The summed E-state index contributed by atoms with van der Waals surface area (Å²) in [6, 6.07) is 9.08. The molecule has 0 aromatic heterocycles. The van der Waals surface area contributed by atoms with Crippen molar-refractivity contribution in [1.29, 1.82) is 0 Å². The van der Waals surface area contributed by atoms with Crippen LogP contribution < -0.4 is 0 Å². The van der Waals surface area contributed by atoms with Gasteiger partial charge in [0.25, 0.3) is 0 Å². The highest BCUT2D eigenvalue weighted by Gasteiger charge is 2.10. The molecular formula is C13H20ClN. The van der Waals surface area contributed by atoms with Gasteiger partial charge in [0.2, 0.25) is 0 Å². The molecule has 0 aliphatic carbocycles. The van der Waals surface area contributed by atoms with Crippen LogP contribution in [0.3, 0.4) is 0 Å². The average molecular weight is 226 g/mol. The summed E-state index contributed by atoms with van der Waals surface area (Å²) < 4.78 is 0. The zero-order valence-corrected chi connectivity index (χ0v) is 10.6. The Balaban J connectivity index is 2.69. The van der Waals surface area contributed by atoms with Crippen LogP contribution in [0.25, 0.3) is 0 Å². The lowest BCUT2D eigenvalue weighted by atomic mass is 10.1. The second kappa shape index (κ2) is 6.14. The number of halogens is 1. The van der Waals surface area contributed by atoms with Gasteiger partial charge in [0.15, 0.2) is 0 Å². The maximum atomic E-state index is 5.80. The molecule has 0 atom stereocenters. The summed E-state index contributed by atoms with van der Waals surface area (Å²) in [4.78, 5) is 2.40. The summed E-state index contributed by atoms with van der Waals surface area (Å²) in [5.41, 5.74) is 2.76. The van der Waals surface area contributed by atoms with Crippen LogP contribution in [0.4, 0.5) is 0 Å². The monoisotopic (exact) mass is 225 g/mol. The fourth-order valence-corrected chi connectivity index (χ4v) is 1.85. The number of hydrogen-bond donors (Lipinski definition) is 0. The van der Waals surface area contributed by atoms with E-state index in [9.17, 15) is 0 Å². The van der Waals surface area contributed by atoms with Crippen molar-refractivity contribution in [3.8, 4) is 0 Å². The van der Waals surface area contributed by atoms with Gasteiger partial charge in [-0.15, -0.1) is 11.6 Å². The van der Waals surface area contributed by atoms with Gasteiger partial charge >= 0.3 is 0 Å². The summed E-state index contributed by atoms with van der Waals surface area (Å²) in [5.74, 6) is 0.698. The van der Waals surface area contributed by atoms with Gasteiger partial charge < -0.3 is 0 Å². The molecule has 0 unspecified atom stereocenters. The molecule has 1 nitrogen and oxygen atoms in total. The molecule has 0 fully saturated rings. The average Bonchev–Trinajstić information content (AvgIpc) is 2.20. The molecule has 0 saturated carbocycles. The molecule has 84 valence electrons.